The SMILES string of the molecule is CCNCc1ccc(OC)c(CN2CCC(OC)CC2)c1. The molecule has 0 saturated carbocycles. The molecule has 1 N–H and O–H groups in total. The van der Waals surface area contributed by atoms with Crippen molar-refractivity contribution in [2.45, 2.75) is 39.0 Å². The van der Waals surface area contributed by atoms with Crippen molar-refractivity contribution in [2.75, 3.05) is 33.9 Å². The van der Waals surface area contributed by atoms with Crippen molar-refractivity contribution in [1.82, 2.24) is 10.2 Å². The molecule has 0 bridgehead atoms. The van der Waals surface area contributed by atoms with Gasteiger partial charge in [0, 0.05) is 38.9 Å². The Balaban J connectivity index is 2.00. The van der Waals surface area contributed by atoms with E-state index in [9.17, 15) is 0 Å². The van der Waals surface area contributed by atoms with E-state index in [1.165, 1.54) is 11.1 Å². The normalized spacial score (nSPS) is 17.1. The van der Waals surface area contributed by atoms with Crippen LogP contribution in [0.2, 0.25) is 0 Å². The second-order valence-corrected chi connectivity index (χ2v) is 5.64. The van der Waals surface area contributed by atoms with Crippen LogP contribution in [0.4, 0.5) is 0 Å². The van der Waals surface area contributed by atoms with Crippen LogP contribution in [-0.2, 0) is 17.8 Å². The number of benzene rings is 1. The van der Waals surface area contributed by atoms with Crippen molar-refractivity contribution in [1.29, 1.82) is 0 Å². The maximum atomic E-state index is 5.52. The van der Waals surface area contributed by atoms with Gasteiger partial charge in [0.1, 0.15) is 5.75 Å². The van der Waals surface area contributed by atoms with E-state index in [0.29, 0.717) is 6.10 Å². The molecule has 4 nitrogen and oxygen atoms in total. The van der Waals surface area contributed by atoms with Crippen LogP contribution in [0.5, 0.6) is 5.75 Å². The topological polar surface area (TPSA) is 33.7 Å². The standard InChI is InChI=1S/C17H28N2O2/c1-4-18-12-14-5-6-17(21-3)15(11-14)13-19-9-7-16(20-2)8-10-19/h5-6,11,16,18H,4,7-10,12-13H2,1-3H3. The van der Waals surface area contributed by atoms with Crippen LogP contribution in [0.15, 0.2) is 18.2 Å². The van der Waals surface area contributed by atoms with E-state index in [4.69, 9.17) is 9.47 Å². The van der Waals surface area contributed by atoms with Crippen LogP contribution in [0.3, 0.4) is 0 Å². The van der Waals surface area contributed by atoms with E-state index in [0.717, 1.165) is 51.3 Å². The number of hydrogen-bond donors (Lipinski definition) is 1. The largest absolute Gasteiger partial charge is 0.496 e. The first-order valence-corrected chi connectivity index (χ1v) is 7.88. The number of likely N-dealkylation sites (tertiary alicyclic amines) is 1. The van der Waals surface area contributed by atoms with Crippen LogP contribution in [0.25, 0.3) is 0 Å². The van der Waals surface area contributed by atoms with Gasteiger partial charge < -0.3 is 14.8 Å². The minimum Gasteiger partial charge on any atom is -0.496 e. The van der Waals surface area contributed by atoms with E-state index in [-0.39, 0.29) is 0 Å². The first-order valence-electron chi connectivity index (χ1n) is 7.88. The Morgan fingerprint density at radius 3 is 2.62 bits per heavy atom. The van der Waals surface area contributed by atoms with Crippen LogP contribution < -0.4 is 10.1 Å². The zero-order valence-electron chi connectivity index (χ0n) is 13.5. The van der Waals surface area contributed by atoms with E-state index < -0.39 is 0 Å². The molecule has 1 aromatic rings. The van der Waals surface area contributed by atoms with E-state index in [2.05, 4.69) is 35.3 Å². The van der Waals surface area contributed by atoms with Gasteiger partial charge in [0.2, 0.25) is 0 Å². The first-order chi connectivity index (χ1) is 10.3. The number of hydrogen-bond acceptors (Lipinski definition) is 4. The molecular formula is C17H28N2O2. The summed E-state index contributed by atoms with van der Waals surface area (Å²) in [4.78, 5) is 2.49. The summed E-state index contributed by atoms with van der Waals surface area (Å²) in [5, 5.41) is 3.38. The number of rotatable bonds is 7. The fourth-order valence-corrected chi connectivity index (χ4v) is 2.88. The lowest BCUT2D eigenvalue weighted by atomic mass is 10.0. The molecule has 4 heteroatoms. The summed E-state index contributed by atoms with van der Waals surface area (Å²) in [5.41, 5.74) is 2.60. The third kappa shape index (κ3) is 4.70. The molecule has 1 fully saturated rings. The molecule has 0 spiro atoms. The maximum absolute atomic E-state index is 5.52. The molecule has 1 aromatic carbocycles. The van der Waals surface area contributed by atoms with Gasteiger partial charge >= 0.3 is 0 Å². The summed E-state index contributed by atoms with van der Waals surface area (Å²) >= 11 is 0. The van der Waals surface area contributed by atoms with Gasteiger partial charge in [0.25, 0.3) is 0 Å². The summed E-state index contributed by atoms with van der Waals surface area (Å²) in [6.07, 6.45) is 2.68. The van der Waals surface area contributed by atoms with Gasteiger partial charge in [-0.3, -0.25) is 4.90 Å². The second-order valence-electron chi connectivity index (χ2n) is 5.64. The van der Waals surface area contributed by atoms with Crippen molar-refractivity contribution in [3.63, 3.8) is 0 Å². The average molecular weight is 292 g/mol. The Bertz CT molecular complexity index is 429. The molecule has 0 unspecified atom stereocenters. The molecule has 0 aliphatic carbocycles. The lowest BCUT2D eigenvalue weighted by molar-refractivity contribution is 0.0387. The molecule has 0 radical (unpaired) electrons. The van der Waals surface area contributed by atoms with E-state index >= 15 is 0 Å². The average Bonchev–Trinajstić information content (AvgIpc) is 2.54. The van der Waals surface area contributed by atoms with Crippen LogP contribution in [-0.4, -0.2) is 44.9 Å². The lowest BCUT2D eigenvalue weighted by Crippen LogP contribution is -2.36. The predicted octanol–water partition coefficient (Wildman–Crippen LogP) is 2.42. The molecule has 0 atom stereocenters. The molecule has 0 amide bonds. The Morgan fingerprint density at radius 1 is 1.24 bits per heavy atom. The van der Waals surface area contributed by atoms with Gasteiger partial charge in [0.05, 0.1) is 13.2 Å². The maximum Gasteiger partial charge on any atom is 0.123 e. The smallest absolute Gasteiger partial charge is 0.123 e. The van der Waals surface area contributed by atoms with Crippen molar-refractivity contribution in [2.24, 2.45) is 0 Å². The number of nitrogens with one attached hydrogen (secondary N) is 1. The summed E-state index contributed by atoms with van der Waals surface area (Å²) < 4.78 is 11.0. The lowest BCUT2D eigenvalue weighted by Gasteiger charge is -2.31. The highest BCUT2D eigenvalue weighted by molar-refractivity contribution is 5.37. The third-order valence-corrected chi connectivity index (χ3v) is 4.19. The summed E-state index contributed by atoms with van der Waals surface area (Å²) in [6.45, 7) is 7.19. The van der Waals surface area contributed by atoms with Crippen LogP contribution in [0, 0.1) is 0 Å². The third-order valence-electron chi connectivity index (χ3n) is 4.19. The van der Waals surface area contributed by atoms with Crippen molar-refractivity contribution < 1.29 is 9.47 Å². The molecule has 0 aromatic heterocycles. The van der Waals surface area contributed by atoms with Crippen molar-refractivity contribution in [3.05, 3.63) is 29.3 Å². The van der Waals surface area contributed by atoms with E-state index in [1.54, 1.807) is 7.11 Å². The Hall–Kier alpha value is -1.10. The highest BCUT2D eigenvalue weighted by Crippen LogP contribution is 2.23. The fourth-order valence-electron chi connectivity index (χ4n) is 2.88. The van der Waals surface area contributed by atoms with Gasteiger partial charge in [-0.15, -0.1) is 0 Å². The highest BCUT2D eigenvalue weighted by Gasteiger charge is 2.19. The fraction of sp³-hybridized carbons (Fsp3) is 0.647. The molecule has 1 aliphatic rings. The zero-order chi connectivity index (χ0) is 15.1. The molecule has 2 rings (SSSR count). The van der Waals surface area contributed by atoms with E-state index in [1.807, 2.05) is 7.11 Å². The second kappa shape index (κ2) is 8.37. The Labute approximate surface area is 128 Å². The number of nitrogens with zero attached hydrogens (tertiary/aromatic N) is 1. The molecule has 21 heavy (non-hydrogen) atoms. The number of piperidine rings is 1. The predicted molar refractivity (Wildman–Crippen MR) is 85.7 cm³/mol. The zero-order valence-corrected chi connectivity index (χ0v) is 13.5. The van der Waals surface area contributed by atoms with Gasteiger partial charge in [-0.05, 0) is 37.1 Å². The quantitative estimate of drug-likeness (QED) is 0.837. The number of ether oxygens (including phenoxy) is 2. The molecule has 1 heterocycles. The van der Waals surface area contributed by atoms with Gasteiger partial charge in [-0.25, -0.2) is 0 Å². The summed E-state index contributed by atoms with van der Waals surface area (Å²) in [6, 6.07) is 6.50. The van der Waals surface area contributed by atoms with Crippen molar-refractivity contribution in [3.8, 4) is 5.75 Å². The monoisotopic (exact) mass is 292 g/mol. The minimum atomic E-state index is 0.434. The minimum absolute atomic E-state index is 0.434. The summed E-state index contributed by atoms with van der Waals surface area (Å²) in [5.74, 6) is 0.990. The number of methoxy groups -OCH3 is 2. The summed E-state index contributed by atoms with van der Waals surface area (Å²) in [7, 11) is 3.56. The Morgan fingerprint density at radius 2 is 2.00 bits per heavy atom. The van der Waals surface area contributed by atoms with Crippen LogP contribution in [0.1, 0.15) is 30.9 Å². The molecule has 1 aliphatic heterocycles. The van der Waals surface area contributed by atoms with Gasteiger partial charge in [0.15, 0.2) is 0 Å². The van der Waals surface area contributed by atoms with Gasteiger partial charge in [-0.2, -0.15) is 0 Å². The van der Waals surface area contributed by atoms with Crippen molar-refractivity contribution >= 4 is 0 Å². The molecular weight excluding hydrogens is 264 g/mol. The first kappa shape index (κ1) is 16.3. The van der Waals surface area contributed by atoms with Gasteiger partial charge in [-0.1, -0.05) is 13.0 Å². The molecule has 118 valence electrons. The van der Waals surface area contributed by atoms with Crippen LogP contribution >= 0.6 is 0 Å². The molecule has 1 saturated heterocycles. The highest BCUT2D eigenvalue weighted by atomic mass is 16.5. The Kier molecular flexibility index (Phi) is 6.49.